The Hall–Kier alpha value is -3.19. The Labute approximate surface area is 187 Å². The number of aliphatic carboxylic acids is 1. The molecule has 1 amide bonds. The molecule has 0 spiro atoms. The third-order valence-corrected chi connectivity index (χ3v) is 6.93. The molecule has 2 fully saturated rings. The van der Waals surface area contributed by atoms with Crippen molar-refractivity contribution in [1.29, 1.82) is 0 Å². The van der Waals surface area contributed by atoms with Crippen LogP contribution < -0.4 is 14.6 Å². The number of rotatable bonds is 6. The molecule has 32 heavy (non-hydrogen) atoms. The molecule has 3 aliphatic rings. The second-order valence-electron chi connectivity index (χ2n) is 8.98. The maximum absolute atomic E-state index is 12.4. The van der Waals surface area contributed by atoms with Gasteiger partial charge in [-0.05, 0) is 37.3 Å². The largest absolute Gasteiger partial charge is 0.543 e. The molecule has 7 heteroatoms. The molecule has 2 aromatic rings. The zero-order chi connectivity index (χ0) is 22.4. The molecule has 1 aromatic heterocycles. The predicted molar refractivity (Wildman–Crippen MR) is 116 cm³/mol. The fourth-order valence-electron chi connectivity index (χ4n) is 5.28. The molecule has 7 nitrogen and oxygen atoms in total. The summed E-state index contributed by atoms with van der Waals surface area (Å²) in [6.07, 6.45) is 6.29. The third kappa shape index (κ3) is 3.46. The average molecular weight is 434 g/mol. The number of aliphatic hydroxyl groups excluding tert-OH is 1. The number of aromatic nitrogens is 1. The number of amides is 1. The zero-order valence-electron chi connectivity index (χ0n) is 18.1. The first-order chi connectivity index (χ1) is 15.4. The summed E-state index contributed by atoms with van der Waals surface area (Å²) in [5.74, 6) is -2.25. The summed E-state index contributed by atoms with van der Waals surface area (Å²) in [6, 6.07) is 11.8. The second-order valence-corrected chi connectivity index (χ2v) is 8.98. The minimum atomic E-state index is -1.35. The molecule has 0 radical (unpaired) electrons. The highest BCUT2D eigenvalue weighted by molar-refractivity contribution is 6.05. The number of anilines is 1. The van der Waals surface area contributed by atoms with Crippen LogP contribution in [-0.2, 0) is 16.1 Å². The van der Waals surface area contributed by atoms with Gasteiger partial charge in [0, 0.05) is 36.5 Å². The van der Waals surface area contributed by atoms with Crippen LogP contribution in [0.2, 0.25) is 0 Å². The highest BCUT2D eigenvalue weighted by atomic mass is 16.4. The van der Waals surface area contributed by atoms with Crippen molar-refractivity contribution in [3.8, 4) is 0 Å². The second kappa shape index (κ2) is 8.06. The zero-order valence-corrected chi connectivity index (χ0v) is 18.1. The molecule has 0 aliphatic carbocycles. The Kier molecular flexibility index (Phi) is 5.21. The molecule has 1 N–H and O–H groups in total. The van der Waals surface area contributed by atoms with Crippen LogP contribution in [0.25, 0.3) is 5.57 Å². The molecule has 5 rings (SSSR count). The van der Waals surface area contributed by atoms with E-state index < -0.39 is 18.0 Å². The number of nitrogens with zero attached hydrogens (tertiary/aromatic N) is 3. The number of carbonyl (C=O) groups excluding carboxylic acids is 2. The van der Waals surface area contributed by atoms with Crippen LogP contribution in [-0.4, -0.2) is 47.1 Å². The summed E-state index contributed by atoms with van der Waals surface area (Å²) >= 11 is 0. The molecule has 2 saturated heterocycles. The van der Waals surface area contributed by atoms with Gasteiger partial charge in [-0.15, -0.1) is 0 Å². The Morgan fingerprint density at radius 3 is 2.41 bits per heavy atom. The molecule has 4 heterocycles. The fraction of sp³-hybridized carbons (Fsp3) is 0.400. The number of hydrogen-bond donors (Lipinski definition) is 1. The first-order valence-corrected chi connectivity index (χ1v) is 11.2. The van der Waals surface area contributed by atoms with Crippen LogP contribution >= 0.6 is 0 Å². The number of carbonyl (C=O) groups is 2. The standard InChI is InChI=1S/C25H27N3O4/c1-16(29)22-21-14-20(23(25(31)32)28(21)24(22)30)18-6-4-17(5-7-18)15-26-12-8-19(9-13-26)27-10-2-3-11-27/h4-9,12-13,16,21-22,29H,2-3,10-11,14-15H2,1H3/t16-,21-,22-/m1/s1. The lowest BCUT2D eigenvalue weighted by atomic mass is 9.82. The summed E-state index contributed by atoms with van der Waals surface area (Å²) in [4.78, 5) is 27.9. The number of aliphatic hydroxyl groups is 1. The SMILES string of the molecule is C[C@@H](O)[C@H]1C(=O)N2C(C(=O)[O-])=C(c3ccc(C[n+]4ccc(N5CCCC5)cc4)cc3)C[C@H]12. The lowest BCUT2D eigenvalue weighted by molar-refractivity contribution is -0.688. The number of carboxylic acids is 1. The smallest absolute Gasteiger partial charge is 0.235 e. The van der Waals surface area contributed by atoms with Crippen molar-refractivity contribution in [1.82, 2.24) is 4.90 Å². The molecular weight excluding hydrogens is 406 g/mol. The molecule has 0 unspecified atom stereocenters. The molecule has 1 aromatic carbocycles. The number of carboxylic acid groups (broad SMARTS) is 1. The maximum Gasteiger partial charge on any atom is 0.235 e. The van der Waals surface area contributed by atoms with Gasteiger partial charge in [0.15, 0.2) is 18.9 Å². The van der Waals surface area contributed by atoms with Gasteiger partial charge in [-0.3, -0.25) is 4.79 Å². The normalized spacial score (nSPS) is 23.4. The minimum absolute atomic E-state index is 0.0588. The number of benzene rings is 1. The van der Waals surface area contributed by atoms with Gasteiger partial charge in [-0.25, -0.2) is 4.57 Å². The lowest BCUT2D eigenvalue weighted by Crippen LogP contribution is -2.62. The summed E-state index contributed by atoms with van der Waals surface area (Å²) < 4.78 is 2.12. The van der Waals surface area contributed by atoms with Crippen molar-refractivity contribution in [2.75, 3.05) is 18.0 Å². The van der Waals surface area contributed by atoms with E-state index >= 15 is 0 Å². The van der Waals surface area contributed by atoms with E-state index in [1.165, 1.54) is 23.4 Å². The van der Waals surface area contributed by atoms with Crippen LogP contribution in [0.5, 0.6) is 0 Å². The van der Waals surface area contributed by atoms with Crippen molar-refractivity contribution in [3.05, 3.63) is 65.6 Å². The molecule has 3 aliphatic heterocycles. The Morgan fingerprint density at radius 1 is 1.16 bits per heavy atom. The Morgan fingerprint density at radius 2 is 1.81 bits per heavy atom. The van der Waals surface area contributed by atoms with Gasteiger partial charge in [0.1, 0.15) is 0 Å². The minimum Gasteiger partial charge on any atom is -0.543 e. The third-order valence-electron chi connectivity index (χ3n) is 6.93. The van der Waals surface area contributed by atoms with Gasteiger partial charge in [0.05, 0.1) is 29.7 Å². The molecule has 0 bridgehead atoms. The van der Waals surface area contributed by atoms with Crippen LogP contribution in [0, 0.1) is 5.92 Å². The van der Waals surface area contributed by atoms with Gasteiger partial charge in [0.2, 0.25) is 5.91 Å². The summed E-state index contributed by atoms with van der Waals surface area (Å²) in [5.41, 5.74) is 3.67. The first kappa shape index (κ1) is 20.7. The summed E-state index contributed by atoms with van der Waals surface area (Å²) in [7, 11) is 0. The van der Waals surface area contributed by atoms with Gasteiger partial charge >= 0.3 is 0 Å². The van der Waals surface area contributed by atoms with E-state index in [0.717, 1.165) is 24.2 Å². The number of pyridine rings is 1. The van der Waals surface area contributed by atoms with Gasteiger partial charge in [-0.2, -0.15) is 0 Å². The average Bonchev–Trinajstić information content (AvgIpc) is 3.41. The Bertz CT molecular complexity index is 1070. The van der Waals surface area contributed by atoms with E-state index in [1.54, 1.807) is 6.92 Å². The highest BCUT2D eigenvalue weighted by Crippen LogP contribution is 2.46. The molecule has 166 valence electrons. The van der Waals surface area contributed by atoms with Crippen molar-refractivity contribution in [2.45, 2.75) is 44.9 Å². The number of fused-ring (bicyclic) bond motifs is 1. The van der Waals surface area contributed by atoms with Gasteiger partial charge < -0.3 is 24.8 Å². The van der Waals surface area contributed by atoms with Crippen molar-refractivity contribution in [2.24, 2.45) is 5.92 Å². The van der Waals surface area contributed by atoms with Crippen LogP contribution in [0.3, 0.4) is 0 Å². The summed E-state index contributed by atoms with van der Waals surface area (Å²) in [5, 5.41) is 21.7. The van der Waals surface area contributed by atoms with E-state index in [1.807, 2.05) is 24.3 Å². The molecular formula is C25H27N3O4. The highest BCUT2D eigenvalue weighted by Gasteiger charge is 2.55. The fourth-order valence-corrected chi connectivity index (χ4v) is 5.28. The van der Waals surface area contributed by atoms with Crippen LogP contribution in [0.4, 0.5) is 5.69 Å². The van der Waals surface area contributed by atoms with E-state index in [0.29, 0.717) is 18.5 Å². The molecule has 0 saturated carbocycles. The van der Waals surface area contributed by atoms with E-state index in [4.69, 9.17) is 0 Å². The van der Waals surface area contributed by atoms with Gasteiger partial charge in [-0.1, -0.05) is 24.3 Å². The van der Waals surface area contributed by atoms with Crippen LogP contribution in [0.15, 0.2) is 54.5 Å². The van der Waals surface area contributed by atoms with Crippen LogP contribution in [0.1, 0.15) is 37.3 Å². The monoisotopic (exact) mass is 433 g/mol. The molecule has 3 atom stereocenters. The van der Waals surface area contributed by atoms with E-state index in [9.17, 15) is 19.8 Å². The summed E-state index contributed by atoms with van der Waals surface area (Å²) in [6.45, 7) is 4.53. The van der Waals surface area contributed by atoms with Crippen molar-refractivity contribution < 1.29 is 24.4 Å². The first-order valence-electron chi connectivity index (χ1n) is 11.2. The number of hydrogen-bond acceptors (Lipinski definition) is 5. The van der Waals surface area contributed by atoms with Crippen molar-refractivity contribution in [3.63, 3.8) is 0 Å². The number of β-lactam (4-membered cyclic amide) rings is 1. The topological polar surface area (TPSA) is 87.8 Å². The Balaban J connectivity index is 1.32. The van der Waals surface area contributed by atoms with E-state index in [2.05, 4.69) is 34.0 Å². The predicted octanol–water partition coefficient (Wildman–Crippen LogP) is 0.695. The lowest BCUT2D eigenvalue weighted by Gasteiger charge is -2.45. The van der Waals surface area contributed by atoms with Gasteiger partial charge in [0.25, 0.3) is 0 Å². The maximum atomic E-state index is 12.4. The van der Waals surface area contributed by atoms with E-state index in [-0.39, 0.29) is 17.6 Å². The quantitative estimate of drug-likeness (QED) is 0.535. The van der Waals surface area contributed by atoms with Crippen molar-refractivity contribution >= 4 is 23.1 Å².